The number of aromatic hydroxyl groups is 2. The molecule has 1 fully saturated rings. The molecule has 0 aromatic heterocycles. The fourth-order valence-electron chi connectivity index (χ4n) is 4.52. The Kier molecular flexibility index (Phi) is 6.71. The van der Waals surface area contributed by atoms with Gasteiger partial charge in [-0.3, -0.25) is 4.79 Å². The second-order valence-electron chi connectivity index (χ2n) is 9.14. The van der Waals surface area contributed by atoms with Gasteiger partial charge >= 0.3 is 5.97 Å². The Hall–Kier alpha value is -2.53. The first-order valence-corrected chi connectivity index (χ1v) is 10.8. The number of esters is 1. The first kappa shape index (κ1) is 22.2. The average Bonchev–Trinajstić information content (AvgIpc) is 2.73. The van der Waals surface area contributed by atoms with Gasteiger partial charge in [0.25, 0.3) is 0 Å². The molecule has 4 N–H and O–H groups in total. The molecule has 0 radical (unpaired) electrons. The fourth-order valence-corrected chi connectivity index (χ4v) is 4.52. The van der Waals surface area contributed by atoms with Gasteiger partial charge in [-0.1, -0.05) is 31.2 Å². The van der Waals surface area contributed by atoms with E-state index < -0.39 is 11.0 Å². The van der Waals surface area contributed by atoms with Crippen LogP contribution in [0.25, 0.3) is 0 Å². The van der Waals surface area contributed by atoms with Crippen LogP contribution in [0.3, 0.4) is 0 Å². The molecule has 0 amide bonds. The maximum absolute atomic E-state index is 12.8. The molecular weight excluding hydrogens is 378 g/mol. The van der Waals surface area contributed by atoms with Crippen molar-refractivity contribution in [1.29, 1.82) is 0 Å². The van der Waals surface area contributed by atoms with Crippen molar-refractivity contribution in [1.82, 2.24) is 0 Å². The van der Waals surface area contributed by atoms with E-state index in [1.54, 1.807) is 24.3 Å². The minimum absolute atomic E-state index is 0.182. The van der Waals surface area contributed by atoms with Crippen LogP contribution in [0.15, 0.2) is 48.5 Å². The van der Waals surface area contributed by atoms with Crippen molar-refractivity contribution >= 4 is 5.97 Å². The van der Waals surface area contributed by atoms with Crippen LogP contribution in [0.1, 0.15) is 57.6 Å². The Morgan fingerprint density at radius 3 is 1.87 bits per heavy atom. The molecule has 1 heterocycles. The summed E-state index contributed by atoms with van der Waals surface area (Å²) in [6, 6.07) is 14.2. The second kappa shape index (κ2) is 9.09. The molecule has 0 bridgehead atoms. The van der Waals surface area contributed by atoms with Crippen LogP contribution >= 0.6 is 0 Å². The molecular formula is C25H34NO4+. The van der Waals surface area contributed by atoms with Crippen LogP contribution in [0, 0.1) is 5.92 Å². The Labute approximate surface area is 179 Å². The lowest BCUT2D eigenvalue weighted by Gasteiger charge is -2.36. The van der Waals surface area contributed by atoms with Crippen molar-refractivity contribution in [2.24, 2.45) is 5.92 Å². The zero-order valence-corrected chi connectivity index (χ0v) is 18.2. The maximum atomic E-state index is 12.8. The van der Waals surface area contributed by atoms with Gasteiger partial charge in [-0.15, -0.1) is 0 Å². The number of carbonyl (C=O) groups is 1. The summed E-state index contributed by atoms with van der Waals surface area (Å²) in [4.78, 5) is 12.8. The van der Waals surface area contributed by atoms with Crippen molar-refractivity contribution in [2.45, 2.75) is 57.5 Å². The molecule has 2 aromatic carbocycles. The number of benzene rings is 2. The minimum Gasteiger partial charge on any atom is -0.508 e. The van der Waals surface area contributed by atoms with Crippen molar-refractivity contribution in [3.63, 3.8) is 0 Å². The number of phenols is 2. The highest BCUT2D eigenvalue weighted by molar-refractivity contribution is 5.70. The number of hydrogen-bond donors (Lipinski definition) is 3. The Morgan fingerprint density at radius 1 is 0.933 bits per heavy atom. The van der Waals surface area contributed by atoms with Gasteiger partial charge in [0.2, 0.25) is 0 Å². The van der Waals surface area contributed by atoms with E-state index in [1.807, 2.05) is 38.1 Å². The van der Waals surface area contributed by atoms with Gasteiger partial charge in [-0.25, -0.2) is 0 Å². The molecule has 2 aromatic rings. The van der Waals surface area contributed by atoms with Crippen LogP contribution in [0.5, 0.6) is 11.5 Å². The van der Waals surface area contributed by atoms with Crippen LogP contribution in [0.4, 0.5) is 0 Å². The van der Waals surface area contributed by atoms with Gasteiger partial charge in [0.05, 0.1) is 13.1 Å². The van der Waals surface area contributed by atoms with E-state index in [1.165, 1.54) is 0 Å². The van der Waals surface area contributed by atoms with E-state index in [9.17, 15) is 15.0 Å². The smallest absolute Gasteiger partial charge is 0.306 e. The molecule has 0 aliphatic carbocycles. The molecule has 162 valence electrons. The predicted molar refractivity (Wildman–Crippen MR) is 116 cm³/mol. The number of hydrogen-bond acceptors (Lipinski definition) is 4. The number of quaternary nitrogens is 1. The van der Waals surface area contributed by atoms with Gasteiger partial charge in [0.1, 0.15) is 17.1 Å². The summed E-state index contributed by atoms with van der Waals surface area (Å²) < 4.78 is 5.95. The summed E-state index contributed by atoms with van der Waals surface area (Å²) in [5, 5.41) is 21.7. The van der Waals surface area contributed by atoms with Gasteiger partial charge < -0.3 is 20.3 Å². The number of piperidine rings is 1. The average molecular weight is 413 g/mol. The number of ether oxygens (including phenoxy) is 1. The summed E-state index contributed by atoms with van der Waals surface area (Å²) in [6.45, 7) is 8.32. The molecule has 1 aliphatic rings. The van der Waals surface area contributed by atoms with Crippen LogP contribution < -0.4 is 5.32 Å². The quantitative estimate of drug-likeness (QED) is 0.608. The zero-order chi connectivity index (χ0) is 21.8. The summed E-state index contributed by atoms with van der Waals surface area (Å²) in [6.07, 6.45) is 2.99. The minimum atomic E-state index is -0.460. The highest BCUT2D eigenvalue weighted by Gasteiger charge is 2.36. The summed E-state index contributed by atoms with van der Waals surface area (Å²) in [7, 11) is 0. The molecule has 0 saturated carbocycles. The van der Waals surface area contributed by atoms with Crippen LogP contribution in [-0.2, 0) is 14.9 Å². The molecule has 0 spiro atoms. The highest BCUT2D eigenvalue weighted by Crippen LogP contribution is 2.38. The van der Waals surface area contributed by atoms with E-state index in [-0.39, 0.29) is 17.5 Å². The van der Waals surface area contributed by atoms with E-state index in [4.69, 9.17) is 4.74 Å². The topological polar surface area (TPSA) is 83.4 Å². The number of carbonyl (C=O) groups excluding carboxylic acids is 1. The molecule has 5 nitrogen and oxygen atoms in total. The number of rotatable bonds is 7. The summed E-state index contributed by atoms with van der Waals surface area (Å²) in [5.41, 5.74) is 1.09. The Morgan fingerprint density at radius 2 is 1.40 bits per heavy atom. The van der Waals surface area contributed by atoms with Crippen molar-refractivity contribution in [2.75, 3.05) is 13.1 Å². The lowest BCUT2D eigenvalue weighted by molar-refractivity contribution is -0.665. The van der Waals surface area contributed by atoms with E-state index in [0.717, 1.165) is 37.1 Å². The fraction of sp³-hybridized carbons (Fsp3) is 0.480. The summed E-state index contributed by atoms with van der Waals surface area (Å²) >= 11 is 0. The van der Waals surface area contributed by atoms with Crippen molar-refractivity contribution in [3.8, 4) is 11.5 Å². The molecule has 1 saturated heterocycles. The van der Waals surface area contributed by atoms with E-state index >= 15 is 0 Å². The SMILES string of the molecule is CC(CCC(=O)OC(C)(C)C1CC[NH2+]CC1)(c1ccc(O)cc1)c1ccc(O)cc1. The lowest BCUT2D eigenvalue weighted by atomic mass is 9.73. The number of phenolic OH excluding ortho intramolecular Hbond substituents is 2. The second-order valence-corrected chi connectivity index (χ2v) is 9.14. The standard InChI is InChI=1S/C25H33NO4/c1-24(2,18-13-16-26-17-14-18)30-23(29)12-15-25(3,19-4-8-21(27)9-5-19)20-6-10-22(28)11-7-20/h4-11,18,26-28H,12-17H2,1-3H3/p+1. The predicted octanol–water partition coefficient (Wildman–Crippen LogP) is 3.48. The molecule has 5 heteroatoms. The molecule has 0 unspecified atom stereocenters. The molecule has 1 aliphatic heterocycles. The highest BCUT2D eigenvalue weighted by atomic mass is 16.6. The van der Waals surface area contributed by atoms with Crippen molar-refractivity contribution in [3.05, 3.63) is 59.7 Å². The Balaban J connectivity index is 1.75. The van der Waals surface area contributed by atoms with Crippen molar-refractivity contribution < 1.29 is 25.1 Å². The monoisotopic (exact) mass is 412 g/mol. The summed E-state index contributed by atoms with van der Waals surface area (Å²) in [5.74, 6) is 0.626. The Bertz CT molecular complexity index is 791. The van der Waals surface area contributed by atoms with Crippen LogP contribution in [0.2, 0.25) is 0 Å². The van der Waals surface area contributed by atoms with Gasteiger partial charge in [-0.2, -0.15) is 0 Å². The molecule has 0 atom stereocenters. The third-order valence-corrected chi connectivity index (χ3v) is 6.64. The third-order valence-electron chi connectivity index (χ3n) is 6.64. The largest absolute Gasteiger partial charge is 0.508 e. The van der Waals surface area contributed by atoms with E-state index in [2.05, 4.69) is 12.2 Å². The first-order chi connectivity index (χ1) is 14.2. The van der Waals surface area contributed by atoms with E-state index in [0.29, 0.717) is 18.8 Å². The lowest BCUT2D eigenvalue weighted by Crippen LogP contribution is -2.86. The number of nitrogens with two attached hydrogens (primary N) is 1. The molecule has 3 rings (SSSR count). The molecule has 30 heavy (non-hydrogen) atoms. The van der Waals surface area contributed by atoms with Gasteiger partial charge in [0, 0.05) is 30.6 Å². The normalized spacial score (nSPS) is 15.7. The zero-order valence-electron chi connectivity index (χ0n) is 18.2. The van der Waals surface area contributed by atoms with Crippen LogP contribution in [-0.4, -0.2) is 34.9 Å². The van der Waals surface area contributed by atoms with Gasteiger partial charge in [0.15, 0.2) is 0 Å². The van der Waals surface area contributed by atoms with Gasteiger partial charge in [-0.05, 0) is 55.7 Å². The first-order valence-electron chi connectivity index (χ1n) is 10.8. The maximum Gasteiger partial charge on any atom is 0.306 e. The third kappa shape index (κ3) is 5.14.